The molecule has 5 heteroatoms. The van der Waals surface area contributed by atoms with Crippen molar-refractivity contribution in [3.05, 3.63) is 35.0 Å². The largest absolute Gasteiger partial charge is 0.417 e. The van der Waals surface area contributed by atoms with E-state index in [-0.39, 0.29) is 10.4 Å². The van der Waals surface area contributed by atoms with Crippen molar-refractivity contribution >= 4 is 22.5 Å². The van der Waals surface area contributed by atoms with Gasteiger partial charge in [-0.1, -0.05) is 11.6 Å². The average molecular weight is 220 g/mol. The Bertz CT molecular complexity index is 472. The van der Waals surface area contributed by atoms with E-state index in [1.54, 1.807) is 0 Å². The summed E-state index contributed by atoms with van der Waals surface area (Å²) in [5, 5.41) is 0.392. The molecule has 2 rings (SSSR count). The van der Waals surface area contributed by atoms with Crippen LogP contribution in [-0.4, -0.2) is 4.98 Å². The van der Waals surface area contributed by atoms with Gasteiger partial charge in [0.15, 0.2) is 0 Å². The van der Waals surface area contributed by atoms with Gasteiger partial charge in [0.25, 0.3) is 0 Å². The number of rotatable bonds is 0. The SMILES string of the molecule is FC(F)(F)c1ccc(Cl)c2[nH]ccc12. The zero-order chi connectivity index (χ0) is 10.3. The quantitative estimate of drug-likeness (QED) is 0.693. The Morgan fingerprint density at radius 3 is 2.50 bits per heavy atom. The van der Waals surface area contributed by atoms with E-state index < -0.39 is 11.7 Å². The number of aromatic nitrogens is 1. The third-order valence-corrected chi connectivity index (χ3v) is 2.29. The Hall–Kier alpha value is -1.16. The predicted octanol–water partition coefficient (Wildman–Crippen LogP) is 3.84. The normalized spacial score (nSPS) is 12.3. The maximum Gasteiger partial charge on any atom is 0.417 e. The average Bonchev–Trinajstić information content (AvgIpc) is 2.50. The smallest absolute Gasteiger partial charge is 0.360 e. The molecular formula is C9H5ClF3N. The van der Waals surface area contributed by atoms with Crippen LogP contribution in [0.3, 0.4) is 0 Å². The van der Waals surface area contributed by atoms with E-state index in [1.165, 1.54) is 18.3 Å². The molecule has 0 saturated heterocycles. The van der Waals surface area contributed by atoms with Crippen molar-refractivity contribution < 1.29 is 13.2 Å². The summed E-state index contributed by atoms with van der Waals surface area (Å²) in [4.78, 5) is 2.67. The van der Waals surface area contributed by atoms with E-state index in [4.69, 9.17) is 11.6 Å². The van der Waals surface area contributed by atoms with Gasteiger partial charge in [0, 0.05) is 11.6 Å². The van der Waals surface area contributed by atoms with Crippen molar-refractivity contribution in [3.63, 3.8) is 0 Å². The Labute approximate surface area is 82.5 Å². The van der Waals surface area contributed by atoms with Crippen molar-refractivity contribution in [2.75, 3.05) is 0 Å². The molecule has 1 aromatic heterocycles. The summed E-state index contributed by atoms with van der Waals surface area (Å²) >= 11 is 5.72. The molecule has 1 N–H and O–H groups in total. The van der Waals surface area contributed by atoms with E-state index in [2.05, 4.69) is 4.98 Å². The lowest BCUT2D eigenvalue weighted by atomic mass is 10.1. The highest BCUT2D eigenvalue weighted by molar-refractivity contribution is 6.35. The highest BCUT2D eigenvalue weighted by Gasteiger charge is 2.32. The van der Waals surface area contributed by atoms with Crippen LogP contribution in [0, 0.1) is 0 Å². The predicted molar refractivity (Wildman–Crippen MR) is 48.3 cm³/mol. The molecule has 1 nitrogen and oxygen atoms in total. The summed E-state index contributed by atoms with van der Waals surface area (Å²) < 4.78 is 37.4. The molecule has 0 aliphatic heterocycles. The summed E-state index contributed by atoms with van der Waals surface area (Å²) in [7, 11) is 0. The van der Waals surface area contributed by atoms with E-state index >= 15 is 0 Å². The van der Waals surface area contributed by atoms with Crippen molar-refractivity contribution in [1.29, 1.82) is 0 Å². The van der Waals surface area contributed by atoms with Gasteiger partial charge in [0.2, 0.25) is 0 Å². The molecule has 1 heterocycles. The first-order valence-corrected chi connectivity index (χ1v) is 4.21. The molecule has 0 bridgehead atoms. The summed E-state index contributed by atoms with van der Waals surface area (Å²) in [6.07, 6.45) is -2.91. The van der Waals surface area contributed by atoms with Gasteiger partial charge in [-0.3, -0.25) is 0 Å². The molecule has 0 saturated carbocycles. The molecule has 0 amide bonds. The first-order chi connectivity index (χ1) is 6.50. The summed E-state index contributed by atoms with van der Waals surface area (Å²) in [5.74, 6) is 0. The van der Waals surface area contributed by atoms with Crippen molar-refractivity contribution in [2.45, 2.75) is 6.18 Å². The topological polar surface area (TPSA) is 15.8 Å². The van der Waals surface area contributed by atoms with Gasteiger partial charge in [0.05, 0.1) is 16.1 Å². The molecule has 0 fully saturated rings. The Kier molecular flexibility index (Phi) is 1.96. The van der Waals surface area contributed by atoms with Crippen LogP contribution in [-0.2, 0) is 6.18 Å². The minimum absolute atomic E-state index is 0.102. The van der Waals surface area contributed by atoms with Crippen LogP contribution in [0.5, 0.6) is 0 Å². The van der Waals surface area contributed by atoms with Gasteiger partial charge < -0.3 is 4.98 Å². The second-order valence-corrected chi connectivity index (χ2v) is 3.27. The van der Waals surface area contributed by atoms with E-state index in [9.17, 15) is 13.2 Å². The number of aromatic amines is 1. The molecule has 0 spiro atoms. The molecule has 74 valence electrons. The van der Waals surface area contributed by atoms with Crippen LogP contribution in [0.4, 0.5) is 13.2 Å². The number of alkyl halides is 3. The first kappa shape index (κ1) is 9.40. The Morgan fingerprint density at radius 1 is 1.14 bits per heavy atom. The van der Waals surface area contributed by atoms with Gasteiger partial charge in [-0.25, -0.2) is 0 Å². The van der Waals surface area contributed by atoms with Crippen LogP contribution in [0.15, 0.2) is 24.4 Å². The number of halogens is 4. The standard InChI is InChI=1S/C9H5ClF3N/c10-7-2-1-6(9(11,12)13)5-3-4-14-8(5)7/h1-4,14H. The third kappa shape index (κ3) is 1.35. The number of H-pyrrole nitrogens is 1. The molecule has 14 heavy (non-hydrogen) atoms. The van der Waals surface area contributed by atoms with E-state index in [0.717, 1.165) is 6.07 Å². The molecule has 0 aliphatic rings. The first-order valence-electron chi connectivity index (χ1n) is 3.83. The summed E-state index contributed by atoms with van der Waals surface area (Å²) in [6.45, 7) is 0. The lowest BCUT2D eigenvalue weighted by Crippen LogP contribution is -2.04. The molecular weight excluding hydrogens is 215 g/mol. The fourth-order valence-electron chi connectivity index (χ4n) is 1.37. The fourth-order valence-corrected chi connectivity index (χ4v) is 1.59. The molecule has 0 aliphatic carbocycles. The van der Waals surface area contributed by atoms with Crippen molar-refractivity contribution in [2.24, 2.45) is 0 Å². The van der Waals surface area contributed by atoms with Gasteiger partial charge in [0.1, 0.15) is 0 Å². The number of hydrogen-bond acceptors (Lipinski definition) is 0. The van der Waals surface area contributed by atoms with Crippen molar-refractivity contribution in [1.82, 2.24) is 4.98 Å². The molecule has 0 radical (unpaired) electrons. The van der Waals surface area contributed by atoms with Crippen LogP contribution in [0.25, 0.3) is 10.9 Å². The van der Waals surface area contributed by atoms with Gasteiger partial charge in [-0.15, -0.1) is 0 Å². The number of hydrogen-bond donors (Lipinski definition) is 1. The maximum atomic E-state index is 12.5. The van der Waals surface area contributed by atoms with Gasteiger partial charge >= 0.3 is 6.18 Å². The fraction of sp³-hybridized carbons (Fsp3) is 0.111. The Balaban J connectivity index is 2.80. The molecule has 1 aromatic carbocycles. The third-order valence-electron chi connectivity index (χ3n) is 1.98. The maximum absolute atomic E-state index is 12.5. The zero-order valence-electron chi connectivity index (χ0n) is 6.82. The van der Waals surface area contributed by atoms with E-state index in [0.29, 0.717) is 5.52 Å². The minimum atomic E-state index is -4.34. The lowest BCUT2D eigenvalue weighted by Gasteiger charge is -2.08. The van der Waals surface area contributed by atoms with E-state index in [1.807, 2.05) is 0 Å². The molecule has 0 atom stereocenters. The van der Waals surface area contributed by atoms with Crippen LogP contribution >= 0.6 is 11.6 Å². The number of nitrogens with one attached hydrogen (secondary N) is 1. The minimum Gasteiger partial charge on any atom is -0.360 e. The van der Waals surface area contributed by atoms with Gasteiger partial charge in [-0.05, 0) is 18.2 Å². The second-order valence-electron chi connectivity index (χ2n) is 2.86. The molecule has 2 aromatic rings. The monoisotopic (exact) mass is 219 g/mol. The van der Waals surface area contributed by atoms with Crippen molar-refractivity contribution in [3.8, 4) is 0 Å². The van der Waals surface area contributed by atoms with Gasteiger partial charge in [-0.2, -0.15) is 13.2 Å². The zero-order valence-corrected chi connectivity index (χ0v) is 7.58. The lowest BCUT2D eigenvalue weighted by molar-refractivity contribution is -0.136. The summed E-state index contributed by atoms with van der Waals surface area (Å²) in [5.41, 5.74) is -0.348. The van der Waals surface area contributed by atoms with Crippen LogP contribution in [0.1, 0.15) is 5.56 Å². The summed E-state index contributed by atoms with van der Waals surface area (Å²) in [6, 6.07) is 3.59. The Morgan fingerprint density at radius 2 is 1.86 bits per heavy atom. The van der Waals surface area contributed by atoms with Crippen LogP contribution in [0.2, 0.25) is 5.02 Å². The highest BCUT2D eigenvalue weighted by Crippen LogP contribution is 2.36. The highest BCUT2D eigenvalue weighted by atomic mass is 35.5. The van der Waals surface area contributed by atoms with Crippen LogP contribution < -0.4 is 0 Å². The number of benzene rings is 1. The molecule has 0 unspecified atom stereocenters. The second kappa shape index (κ2) is 2.92. The number of fused-ring (bicyclic) bond motifs is 1.